The molecular formula is C20H16N2O2S. The van der Waals surface area contributed by atoms with Crippen LogP contribution in [0, 0.1) is 0 Å². The molecule has 1 aromatic carbocycles. The molecule has 0 amide bonds. The van der Waals surface area contributed by atoms with Crippen LogP contribution in [0.4, 0.5) is 0 Å². The van der Waals surface area contributed by atoms with Crippen LogP contribution >= 0.6 is 11.3 Å². The van der Waals surface area contributed by atoms with E-state index in [4.69, 9.17) is 0 Å². The highest BCUT2D eigenvalue weighted by atomic mass is 32.1. The van der Waals surface area contributed by atoms with Crippen molar-refractivity contribution in [3.63, 3.8) is 0 Å². The smallest absolute Gasteiger partial charge is 0.273 e. The topological polar surface area (TPSA) is 52.0 Å². The number of Topliss-reactive ketones (excluding diaryl/α,β-unsaturated/α-hetero) is 1. The average molecular weight is 348 g/mol. The number of thiazole rings is 1. The number of carbonyl (C=O) groups is 1. The van der Waals surface area contributed by atoms with Crippen molar-refractivity contribution in [3.05, 3.63) is 80.0 Å². The minimum atomic E-state index is -0.0951. The molecule has 1 aliphatic rings. The number of ketones is 1. The second-order valence-corrected chi connectivity index (χ2v) is 6.96. The van der Waals surface area contributed by atoms with Crippen molar-refractivity contribution in [1.82, 2.24) is 9.55 Å². The lowest BCUT2D eigenvalue weighted by Gasteiger charge is -2.03. The zero-order valence-electron chi connectivity index (χ0n) is 13.5. The molecule has 0 saturated heterocycles. The van der Waals surface area contributed by atoms with Gasteiger partial charge in [-0.05, 0) is 42.7 Å². The number of para-hydroxylation sites is 1. The van der Waals surface area contributed by atoms with Gasteiger partial charge in [0, 0.05) is 24.4 Å². The van der Waals surface area contributed by atoms with Crippen molar-refractivity contribution in [1.29, 1.82) is 0 Å². The van der Waals surface area contributed by atoms with Gasteiger partial charge in [-0.25, -0.2) is 0 Å². The van der Waals surface area contributed by atoms with Crippen LogP contribution in [0.1, 0.15) is 24.8 Å². The SMILES string of the molecule is O=C1CCC/C1=c1/s/c(=C/c2cccnc2)c(=O)n1-c1ccccc1. The lowest BCUT2D eigenvalue weighted by molar-refractivity contribution is -0.113. The number of hydrogen-bond donors (Lipinski definition) is 0. The molecule has 25 heavy (non-hydrogen) atoms. The molecule has 1 saturated carbocycles. The molecule has 0 radical (unpaired) electrons. The summed E-state index contributed by atoms with van der Waals surface area (Å²) in [6.07, 6.45) is 7.42. The van der Waals surface area contributed by atoms with E-state index in [1.54, 1.807) is 17.0 Å². The summed E-state index contributed by atoms with van der Waals surface area (Å²) >= 11 is 1.39. The molecule has 3 aromatic rings. The maximum atomic E-state index is 13.1. The Bertz CT molecular complexity index is 1100. The number of rotatable bonds is 2. The molecule has 1 fully saturated rings. The summed E-state index contributed by atoms with van der Waals surface area (Å²) in [6.45, 7) is 0. The van der Waals surface area contributed by atoms with Crippen LogP contribution in [0.15, 0.2) is 59.7 Å². The third kappa shape index (κ3) is 2.98. The molecule has 0 unspecified atom stereocenters. The average Bonchev–Trinajstić information content (AvgIpc) is 3.20. The summed E-state index contributed by atoms with van der Waals surface area (Å²) in [5.41, 5.74) is 2.34. The van der Waals surface area contributed by atoms with E-state index in [9.17, 15) is 9.59 Å². The third-order valence-corrected chi connectivity index (χ3v) is 5.38. The highest BCUT2D eigenvalue weighted by Gasteiger charge is 2.21. The fraction of sp³-hybridized carbons (Fsp3) is 0.150. The molecule has 4 nitrogen and oxygen atoms in total. The van der Waals surface area contributed by atoms with Crippen LogP contribution in [0.25, 0.3) is 17.3 Å². The Morgan fingerprint density at radius 3 is 2.56 bits per heavy atom. The lowest BCUT2D eigenvalue weighted by Crippen LogP contribution is -2.31. The summed E-state index contributed by atoms with van der Waals surface area (Å²) in [5, 5.41) is 0. The van der Waals surface area contributed by atoms with Crippen molar-refractivity contribution < 1.29 is 4.79 Å². The van der Waals surface area contributed by atoms with E-state index in [1.165, 1.54) is 11.3 Å². The first kappa shape index (κ1) is 15.7. The highest BCUT2D eigenvalue weighted by molar-refractivity contribution is 7.07. The van der Waals surface area contributed by atoms with Crippen LogP contribution in [0.2, 0.25) is 0 Å². The van der Waals surface area contributed by atoms with Gasteiger partial charge in [-0.1, -0.05) is 24.3 Å². The number of hydrogen-bond acceptors (Lipinski definition) is 4. The molecule has 2 aromatic heterocycles. The maximum absolute atomic E-state index is 13.1. The molecule has 4 rings (SSSR count). The Morgan fingerprint density at radius 2 is 1.88 bits per heavy atom. The van der Waals surface area contributed by atoms with E-state index >= 15 is 0 Å². The molecule has 1 aliphatic carbocycles. The minimum Gasteiger partial charge on any atom is -0.294 e. The van der Waals surface area contributed by atoms with Crippen LogP contribution < -0.4 is 14.8 Å². The first-order chi connectivity index (χ1) is 12.2. The summed E-state index contributed by atoms with van der Waals surface area (Å²) in [7, 11) is 0. The fourth-order valence-electron chi connectivity index (χ4n) is 3.05. The number of pyridine rings is 1. The summed E-state index contributed by atoms with van der Waals surface area (Å²) in [4.78, 5) is 29.4. The first-order valence-electron chi connectivity index (χ1n) is 8.19. The second kappa shape index (κ2) is 6.61. The second-order valence-electron chi connectivity index (χ2n) is 5.93. The Labute approximate surface area is 148 Å². The summed E-state index contributed by atoms with van der Waals surface area (Å²) in [6, 6.07) is 13.2. The molecular weight excluding hydrogens is 332 g/mol. The van der Waals surface area contributed by atoms with E-state index in [0.29, 0.717) is 11.0 Å². The van der Waals surface area contributed by atoms with Crippen molar-refractivity contribution in [2.75, 3.05) is 0 Å². The molecule has 0 aliphatic heterocycles. The van der Waals surface area contributed by atoms with Crippen LogP contribution in [0.5, 0.6) is 0 Å². The minimum absolute atomic E-state index is 0.0951. The van der Waals surface area contributed by atoms with Crippen LogP contribution in [0.3, 0.4) is 0 Å². The largest absolute Gasteiger partial charge is 0.294 e. The van der Waals surface area contributed by atoms with Crippen molar-refractivity contribution in [3.8, 4) is 5.69 Å². The molecule has 0 bridgehead atoms. The van der Waals surface area contributed by atoms with Gasteiger partial charge < -0.3 is 0 Å². The number of carbonyl (C=O) groups excluding carboxylic acids is 1. The van der Waals surface area contributed by atoms with Gasteiger partial charge in [-0.15, -0.1) is 11.3 Å². The number of nitrogens with zero attached hydrogens (tertiary/aromatic N) is 2. The highest BCUT2D eigenvalue weighted by Crippen LogP contribution is 2.20. The monoisotopic (exact) mass is 348 g/mol. The van der Waals surface area contributed by atoms with Crippen molar-refractivity contribution in [2.24, 2.45) is 0 Å². The lowest BCUT2D eigenvalue weighted by atomic mass is 10.2. The van der Waals surface area contributed by atoms with Gasteiger partial charge in [0.15, 0.2) is 5.78 Å². The van der Waals surface area contributed by atoms with Gasteiger partial charge >= 0.3 is 0 Å². The first-order valence-corrected chi connectivity index (χ1v) is 9.01. The molecule has 124 valence electrons. The molecule has 2 heterocycles. The van der Waals surface area contributed by atoms with E-state index in [0.717, 1.165) is 34.3 Å². The Balaban J connectivity index is 2.05. The molecule has 0 spiro atoms. The van der Waals surface area contributed by atoms with E-state index in [-0.39, 0.29) is 11.3 Å². The Morgan fingerprint density at radius 1 is 1.04 bits per heavy atom. The zero-order valence-corrected chi connectivity index (χ0v) is 14.3. The molecule has 0 atom stereocenters. The van der Waals surface area contributed by atoms with Gasteiger partial charge in [-0.2, -0.15) is 0 Å². The fourth-order valence-corrected chi connectivity index (χ4v) is 4.25. The van der Waals surface area contributed by atoms with E-state index in [1.807, 2.05) is 48.5 Å². The number of benzene rings is 1. The van der Waals surface area contributed by atoms with Gasteiger partial charge in [0.1, 0.15) is 4.66 Å². The summed E-state index contributed by atoms with van der Waals surface area (Å²) < 4.78 is 3.04. The normalized spacial score (nSPS) is 17.3. The quantitative estimate of drug-likeness (QED) is 0.712. The van der Waals surface area contributed by atoms with Crippen molar-refractivity contribution >= 4 is 28.8 Å². The number of aromatic nitrogens is 2. The van der Waals surface area contributed by atoms with Gasteiger partial charge in [-0.3, -0.25) is 19.1 Å². The predicted molar refractivity (Wildman–Crippen MR) is 99.2 cm³/mol. The standard InChI is InChI=1S/C20H16N2O2S/c23-17-10-4-9-16(17)20-22(15-7-2-1-3-8-15)19(24)18(25-20)12-14-6-5-11-21-13-14/h1-3,5-8,11-13H,4,9-10H2/b18-12+,20-16-. The van der Waals surface area contributed by atoms with E-state index in [2.05, 4.69) is 4.98 Å². The zero-order chi connectivity index (χ0) is 17.2. The molecule has 5 heteroatoms. The Kier molecular flexibility index (Phi) is 4.15. The van der Waals surface area contributed by atoms with Gasteiger partial charge in [0.05, 0.1) is 10.2 Å². The Hall–Kier alpha value is -2.79. The molecule has 0 N–H and O–H groups in total. The maximum Gasteiger partial charge on any atom is 0.273 e. The summed E-state index contributed by atoms with van der Waals surface area (Å²) in [5.74, 6) is 0.152. The van der Waals surface area contributed by atoms with Crippen LogP contribution in [-0.2, 0) is 4.79 Å². The van der Waals surface area contributed by atoms with Crippen molar-refractivity contribution in [2.45, 2.75) is 19.3 Å². The van der Waals surface area contributed by atoms with Crippen LogP contribution in [-0.4, -0.2) is 15.3 Å². The third-order valence-electron chi connectivity index (χ3n) is 4.25. The van der Waals surface area contributed by atoms with E-state index < -0.39 is 0 Å². The predicted octanol–water partition coefficient (Wildman–Crippen LogP) is 2.03. The van der Waals surface area contributed by atoms with Gasteiger partial charge in [0.2, 0.25) is 0 Å². The van der Waals surface area contributed by atoms with Gasteiger partial charge in [0.25, 0.3) is 5.56 Å².